The first kappa shape index (κ1) is 16.4. The number of rotatable bonds is 8. The molecule has 0 aromatic rings. The first-order chi connectivity index (χ1) is 7.85. The molecule has 0 radical (unpaired) electrons. The van der Waals surface area contributed by atoms with E-state index in [4.69, 9.17) is 9.47 Å². The van der Waals surface area contributed by atoms with Gasteiger partial charge in [-0.05, 0) is 27.8 Å². The van der Waals surface area contributed by atoms with E-state index in [2.05, 4.69) is 10.2 Å². The molecule has 5 heteroatoms. The zero-order valence-electron chi connectivity index (χ0n) is 11.7. The average molecular weight is 246 g/mol. The van der Waals surface area contributed by atoms with Crippen LogP contribution in [-0.2, 0) is 14.3 Å². The van der Waals surface area contributed by atoms with Crippen molar-refractivity contribution in [2.75, 3.05) is 47.0 Å². The van der Waals surface area contributed by atoms with Crippen LogP contribution in [0.2, 0.25) is 0 Å². The summed E-state index contributed by atoms with van der Waals surface area (Å²) in [4.78, 5) is 13.5. The normalized spacial score (nSPS) is 11.9. The Balaban J connectivity index is 3.51. The largest absolute Gasteiger partial charge is 0.383 e. The average Bonchev–Trinajstić information content (AvgIpc) is 2.22. The predicted molar refractivity (Wildman–Crippen MR) is 68.1 cm³/mol. The van der Waals surface area contributed by atoms with Gasteiger partial charge in [0.2, 0.25) is 5.91 Å². The molecule has 102 valence electrons. The molecule has 0 aliphatic heterocycles. The van der Waals surface area contributed by atoms with E-state index in [0.29, 0.717) is 13.2 Å². The van der Waals surface area contributed by atoms with Gasteiger partial charge >= 0.3 is 0 Å². The van der Waals surface area contributed by atoms with Crippen LogP contribution in [0, 0.1) is 0 Å². The summed E-state index contributed by atoms with van der Waals surface area (Å²) in [5.74, 6) is -0.0694. The van der Waals surface area contributed by atoms with Crippen molar-refractivity contribution >= 4 is 5.91 Å². The highest BCUT2D eigenvalue weighted by Gasteiger charge is 2.12. The van der Waals surface area contributed by atoms with Crippen molar-refractivity contribution < 1.29 is 14.3 Å². The third-order valence-electron chi connectivity index (χ3n) is 2.13. The molecule has 1 N–H and O–H groups in total. The van der Waals surface area contributed by atoms with Crippen molar-refractivity contribution in [2.45, 2.75) is 26.4 Å². The summed E-state index contributed by atoms with van der Waals surface area (Å²) in [5, 5.41) is 2.82. The van der Waals surface area contributed by atoms with Crippen LogP contribution in [0.15, 0.2) is 0 Å². The van der Waals surface area contributed by atoms with Gasteiger partial charge in [0.05, 0.1) is 12.2 Å². The summed E-state index contributed by atoms with van der Waals surface area (Å²) in [6.45, 7) is 8.92. The number of nitrogens with one attached hydrogen (secondary N) is 1. The Morgan fingerprint density at radius 2 is 1.94 bits per heavy atom. The molecule has 0 unspecified atom stereocenters. The molecule has 0 saturated heterocycles. The fourth-order valence-electron chi connectivity index (χ4n) is 1.08. The first-order valence-electron chi connectivity index (χ1n) is 5.93. The van der Waals surface area contributed by atoms with E-state index in [0.717, 1.165) is 13.1 Å². The molecule has 0 bridgehead atoms. The molecule has 0 rings (SSSR count). The highest BCUT2D eigenvalue weighted by molar-refractivity contribution is 5.77. The van der Waals surface area contributed by atoms with E-state index >= 15 is 0 Å². The van der Waals surface area contributed by atoms with Crippen molar-refractivity contribution in [3.05, 3.63) is 0 Å². The number of methoxy groups -OCH3 is 1. The lowest BCUT2D eigenvalue weighted by Crippen LogP contribution is -2.37. The minimum atomic E-state index is -0.271. The predicted octanol–water partition coefficient (Wildman–Crippen LogP) is 0.496. The Morgan fingerprint density at radius 1 is 1.29 bits per heavy atom. The fourth-order valence-corrected chi connectivity index (χ4v) is 1.08. The van der Waals surface area contributed by atoms with Gasteiger partial charge in [-0.3, -0.25) is 4.79 Å². The lowest BCUT2D eigenvalue weighted by molar-refractivity contribution is -0.130. The van der Waals surface area contributed by atoms with Crippen LogP contribution < -0.4 is 5.32 Å². The maximum absolute atomic E-state index is 11.4. The Hall–Kier alpha value is -0.650. The van der Waals surface area contributed by atoms with E-state index in [9.17, 15) is 4.79 Å². The molecule has 0 aromatic heterocycles. The SMILES string of the molecule is COCCN(C)CCNC(=O)COC(C)(C)C. The van der Waals surface area contributed by atoms with Gasteiger partial charge in [0.25, 0.3) is 0 Å². The third-order valence-corrected chi connectivity index (χ3v) is 2.13. The van der Waals surface area contributed by atoms with Crippen LogP contribution in [0.4, 0.5) is 0 Å². The minimum absolute atomic E-state index is 0.0694. The Kier molecular flexibility index (Phi) is 8.12. The summed E-state index contributed by atoms with van der Waals surface area (Å²) < 4.78 is 10.3. The lowest BCUT2D eigenvalue weighted by atomic mass is 10.2. The second-order valence-corrected chi connectivity index (χ2v) is 5.05. The molecular formula is C12H26N2O3. The smallest absolute Gasteiger partial charge is 0.246 e. The second kappa shape index (κ2) is 8.44. The highest BCUT2D eigenvalue weighted by Crippen LogP contribution is 2.05. The molecule has 0 fully saturated rings. The van der Waals surface area contributed by atoms with Crippen LogP contribution in [0.25, 0.3) is 0 Å². The van der Waals surface area contributed by atoms with Gasteiger partial charge in [0, 0.05) is 26.7 Å². The maximum Gasteiger partial charge on any atom is 0.246 e. The summed E-state index contributed by atoms with van der Waals surface area (Å²) in [6.07, 6.45) is 0. The van der Waals surface area contributed by atoms with E-state index in [1.165, 1.54) is 0 Å². The number of amides is 1. The van der Waals surface area contributed by atoms with Gasteiger partial charge < -0.3 is 19.7 Å². The van der Waals surface area contributed by atoms with E-state index in [-0.39, 0.29) is 18.1 Å². The monoisotopic (exact) mass is 246 g/mol. The number of carbonyl (C=O) groups is 1. The molecule has 17 heavy (non-hydrogen) atoms. The Bertz CT molecular complexity index is 214. The molecule has 1 amide bonds. The van der Waals surface area contributed by atoms with E-state index in [1.807, 2.05) is 27.8 Å². The van der Waals surface area contributed by atoms with Crippen LogP contribution in [0.3, 0.4) is 0 Å². The quantitative estimate of drug-likeness (QED) is 0.677. The highest BCUT2D eigenvalue weighted by atomic mass is 16.5. The van der Waals surface area contributed by atoms with Crippen molar-refractivity contribution in [3.63, 3.8) is 0 Å². The van der Waals surface area contributed by atoms with Crippen LogP contribution in [-0.4, -0.2) is 63.4 Å². The number of hydrogen-bond donors (Lipinski definition) is 1. The van der Waals surface area contributed by atoms with Crippen LogP contribution in [0.5, 0.6) is 0 Å². The van der Waals surface area contributed by atoms with Gasteiger partial charge in [-0.2, -0.15) is 0 Å². The first-order valence-corrected chi connectivity index (χ1v) is 5.93. The van der Waals surface area contributed by atoms with Crippen LogP contribution >= 0.6 is 0 Å². The molecule has 0 aliphatic rings. The summed E-state index contributed by atoms with van der Waals surface area (Å²) in [7, 11) is 3.68. The maximum atomic E-state index is 11.4. The molecule has 5 nitrogen and oxygen atoms in total. The summed E-state index contributed by atoms with van der Waals surface area (Å²) >= 11 is 0. The molecule has 0 aromatic carbocycles. The van der Waals surface area contributed by atoms with Gasteiger partial charge in [0.15, 0.2) is 0 Å². The third kappa shape index (κ3) is 11.6. The van der Waals surface area contributed by atoms with Crippen molar-refractivity contribution in [2.24, 2.45) is 0 Å². The van der Waals surface area contributed by atoms with Gasteiger partial charge in [-0.25, -0.2) is 0 Å². The molecule has 0 spiro atoms. The van der Waals surface area contributed by atoms with E-state index in [1.54, 1.807) is 7.11 Å². The molecule has 0 aliphatic carbocycles. The topological polar surface area (TPSA) is 50.8 Å². The Labute approximate surface area is 104 Å². The fraction of sp³-hybridized carbons (Fsp3) is 0.917. The zero-order chi connectivity index (χ0) is 13.3. The zero-order valence-corrected chi connectivity index (χ0v) is 11.7. The van der Waals surface area contributed by atoms with Gasteiger partial charge in [0.1, 0.15) is 6.61 Å². The number of likely N-dealkylation sites (N-methyl/N-ethyl adjacent to an activating group) is 1. The number of carbonyl (C=O) groups excluding carboxylic acids is 1. The minimum Gasteiger partial charge on any atom is -0.383 e. The molecule has 0 heterocycles. The number of hydrogen-bond acceptors (Lipinski definition) is 4. The summed E-state index contributed by atoms with van der Waals surface area (Å²) in [6, 6.07) is 0. The standard InChI is InChI=1S/C12H26N2O3/c1-12(2,3)17-10-11(15)13-6-7-14(4)8-9-16-5/h6-10H2,1-5H3,(H,13,15). The molecule has 0 atom stereocenters. The second-order valence-electron chi connectivity index (χ2n) is 5.05. The molecule has 0 saturated carbocycles. The summed E-state index contributed by atoms with van der Waals surface area (Å²) in [5.41, 5.74) is -0.271. The van der Waals surface area contributed by atoms with Crippen molar-refractivity contribution in [1.82, 2.24) is 10.2 Å². The molecular weight excluding hydrogens is 220 g/mol. The van der Waals surface area contributed by atoms with Gasteiger partial charge in [-0.1, -0.05) is 0 Å². The number of nitrogens with zero attached hydrogens (tertiary/aromatic N) is 1. The number of ether oxygens (including phenoxy) is 2. The van der Waals surface area contributed by atoms with E-state index < -0.39 is 0 Å². The van der Waals surface area contributed by atoms with Crippen molar-refractivity contribution in [1.29, 1.82) is 0 Å². The van der Waals surface area contributed by atoms with Crippen LogP contribution in [0.1, 0.15) is 20.8 Å². The van der Waals surface area contributed by atoms with Crippen molar-refractivity contribution in [3.8, 4) is 0 Å². The Morgan fingerprint density at radius 3 is 2.47 bits per heavy atom. The van der Waals surface area contributed by atoms with Gasteiger partial charge in [-0.15, -0.1) is 0 Å². The lowest BCUT2D eigenvalue weighted by Gasteiger charge is -2.20.